The van der Waals surface area contributed by atoms with Crippen LogP contribution in [0, 0.1) is 0 Å². The number of methoxy groups -OCH3 is 1. The van der Waals surface area contributed by atoms with Crippen molar-refractivity contribution in [1.29, 1.82) is 0 Å². The van der Waals surface area contributed by atoms with E-state index in [-0.39, 0.29) is 0 Å². The van der Waals surface area contributed by atoms with Crippen LogP contribution in [-0.4, -0.2) is 64.6 Å². The molecular formula is C13H30N2O2. The summed E-state index contributed by atoms with van der Waals surface area (Å²) in [6, 6.07) is 0.475. The molecule has 0 aliphatic heterocycles. The van der Waals surface area contributed by atoms with Gasteiger partial charge in [0.05, 0.1) is 13.2 Å². The van der Waals surface area contributed by atoms with Crippen molar-refractivity contribution in [2.45, 2.75) is 32.7 Å². The lowest BCUT2D eigenvalue weighted by Crippen LogP contribution is -2.38. The van der Waals surface area contributed by atoms with Crippen molar-refractivity contribution in [2.75, 3.05) is 53.6 Å². The molecule has 0 saturated heterocycles. The van der Waals surface area contributed by atoms with Crippen LogP contribution < -0.4 is 5.32 Å². The monoisotopic (exact) mass is 246 g/mol. The molecule has 0 aromatic carbocycles. The van der Waals surface area contributed by atoms with E-state index in [0.717, 1.165) is 45.9 Å². The van der Waals surface area contributed by atoms with E-state index >= 15 is 0 Å². The van der Waals surface area contributed by atoms with Crippen LogP contribution in [0.5, 0.6) is 0 Å². The second-order valence-corrected chi connectivity index (χ2v) is 4.50. The van der Waals surface area contributed by atoms with Gasteiger partial charge < -0.3 is 19.7 Å². The summed E-state index contributed by atoms with van der Waals surface area (Å²) >= 11 is 0. The van der Waals surface area contributed by atoms with Gasteiger partial charge in [0.2, 0.25) is 0 Å². The van der Waals surface area contributed by atoms with E-state index in [0.29, 0.717) is 6.04 Å². The zero-order chi connectivity index (χ0) is 12.9. The molecule has 0 aromatic heterocycles. The average molecular weight is 246 g/mol. The smallest absolute Gasteiger partial charge is 0.0615 e. The summed E-state index contributed by atoms with van der Waals surface area (Å²) in [6.07, 6.45) is 2.37. The summed E-state index contributed by atoms with van der Waals surface area (Å²) < 4.78 is 10.6. The van der Waals surface area contributed by atoms with Crippen molar-refractivity contribution in [3.8, 4) is 0 Å². The number of ether oxygens (including phenoxy) is 2. The molecule has 0 aromatic rings. The maximum absolute atomic E-state index is 5.47. The number of hydrogen-bond acceptors (Lipinski definition) is 4. The summed E-state index contributed by atoms with van der Waals surface area (Å²) in [5.74, 6) is 0. The Hall–Kier alpha value is -0.160. The molecule has 0 aliphatic rings. The molecule has 4 nitrogen and oxygen atoms in total. The fourth-order valence-corrected chi connectivity index (χ4v) is 1.46. The first-order valence-corrected chi connectivity index (χ1v) is 6.70. The maximum atomic E-state index is 5.47. The van der Waals surface area contributed by atoms with Crippen LogP contribution in [0.15, 0.2) is 0 Å². The topological polar surface area (TPSA) is 33.7 Å². The van der Waals surface area contributed by atoms with Gasteiger partial charge in [0.15, 0.2) is 0 Å². The Labute approximate surface area is 107 Å². The number of rotatable bonds is 12. The van der Waals surface area contributed by atoms with Gasteiger partial charge in [-0.15, -0.1) is 0 Å². The third-order valence-corrected chi connectivity index (χ3v) is 2.87. The largest absolute Gasteiger partial charge is 0.383 e. The summed E-state index contributed by atoms with van der Waals surface area (Å²) in [5.41, 5.74) is 0. The lowest BCUT2D eigenvalue weighted by Gasteiger charge is -2.23. The van der Waals surface area contributed by atoms with Crippen molar-refractivity contribution in [2.24, 2.45) is 0 Å². The van der Waals surface area contributed by atoms with Gasteiger partial charge >= 0.3 is 0 Å². The zero-order valence-corrected chi connectivity index (χ0v) is 12.0. The molecular weight excluding hydrogens is 216 g/mol. The summed E-state index contributed by atoms with van der Waals surface area (Å²) in [7, 11) is 3.87. The van der Waals surface area contributed by atoms with Crippen LogP contribution in [0.4, 0.5) is 0 Å². The summed E-state index contributed by atoms with van der Waals surface area (Å²) in [6.45, 7) is 9.84. The quantitative estimate of drug-likeness (QED) is 0.527. The SMILES string of the molecule is CCCCOCCNCCN(C)C(C)COC. The second kappa shape index (κ2) is 12.3. The Morgan fingerprint density at radius 1 is 1.24 bits per heavy atom. The zero-order valence-electron chi connectivity index (χ0n) is 12.0. The molecule has 0 rings (SSSR count). The Morgan fingerprint density at radius 2 is 2.00 bits per heavy atom. The number of unbranched alkanes of at least 4 members (excludes halogenated alkanes) is 1. The van der Waals surface area contributed by atoms with Crippen LogP contribution in [0.2, 0.25) is 0 Å². The van der Waals surface area contributed by atoms with E-state index in [1.807, 2.05) is 0 Å². The fraction of sp³-hybridized carbons (Fsp3) is 1.00. The molecule has 0 saturated carbocycles. The molecule has 0 heterocycles. The second-order valence-electron chi connectivity index (χ2n) is 4.50. The molecule has 0 radical (unpaired) electrons. The minimum Gasteiger partial charge on any atom is -0.383 e. The van der Waals surface area contributed by atoms with Gasteiger partial charge in [0.1, 0.15) is 0 Å². The minimum atomic E-state index is 0.475. The molecule has 1 unspecified atom stereocenters. The Kier molecular flexibility index (Phi) is 12.2. The Balaban J connectivity index is 3.21. The third kappa shape index (κ3) is 10.7. The highest BCUT2D eigenvalue weighted by Crippen LogP contribution is 1.94. The van der Waals surface area contributed by atoms with Crippen LogP contribution in [0.3, 0.4) is 0 Å². The van der Waals surface area contributed by atoms with E-state index in [9.17, 15) is 0 Å². The maximum Gasteiger partial charge on any atom is 0.0615 e. The first-order valence-electron chi connectivity index (χ1n) is 6.70. The standard InChI is InChI=1S/C13H30N2O2/c1-5-6-10-17-11-8-14-7-9-15(3)13(2)12-16-4/h13-14H,5-12H2,1-4H3. The van der Waals surface area contributed by atoms with Crippen molar-refractivity contribution in [1.82, 2.24) is 10.2 Å². The fourth-order valence-electron chi connectivity index (χ4n) is 1.46. The molecule has 1 atom stereocenters. The molecule has 0 bridgehead atoms. The lowest BCUT2D eigenvalue weighted by atomic mass is 10.3. The highest BCUT2D eigenvalue weighted by molar-refractivity contribution is 4.63. The number of nitrogens with zero attached hydrogens (tertiary/aromatic N) is 1. The minimum absolute atomic E-state index is 0.475. The van der Waals surface area contributed by atoms with Crippen molar-refractivity contribution < 1.29 is 9.47 Å². The van der Waals surface area contributed by atoms with Crippen LogP contribution in [-0.2, 0) is 9.47 Å². The number of likely N-dealkylation sites (N-methyl/N-ethyl adjacent to an activating group) is 1. The van der Waals surface area contributed by atoms with Crippen LogP contribution in [0.1, 0.15) is 26.7 Å². The molecule has 0 amide bonds. The third-order valence-electron chi connectivity index (χ3n) is 2.87. The van der Waals surface area contributed by atoms with Gasteiger partial charge in [-0.25, -0.2) is 0 Å². The van der Waals surface area contributed by atoms with Crippen molar-refractivity contribution in [3.05, 3.63) is 0 Å². The number of nitrogens with one attached hydrogen (secondary N) is 1. The molecule has 0 aliphatic carbocycles. The highest BCUT2D eigenvalue weighted by Gasteiger charge is 2.07. The Morgan fingerprint density at radius 3 is 2.65 bits per heavy atom. The molecule has 1 N–H and O–H groups in total. The summed E-state index contributed by atoms with van der Waals surface area (Å²) in [5, 5.41) is 3.38. The summed E-state index contributed by atoms with van der Waals surface area (Å²) in [4.78, 5) is 2.30. The van der Waals surface area contributed by atoms with Crippen molar-refractivity contribution >= 4 is 0 Å². The molecule has 17 heavy (non-hydrogen) atoms. The Bertz CT molecular complexity index is 156. The molecule has 4 heteroatoms. The average Bonchev–Trinajstić information content (AvgIpc) is 2.32. The van der Waals surface area contributed by atoms with E-state index < -0.39 is 0 Å². The van der Waals surface area contributed by atoms with E-state index in [2.05, 4.69) is 31.1 Å². The normalized spacial score (nSPS) is 13.2. The van der Waals surface area contributed by atoms with Gasteiger partial charge in [-0.1, -0.05) is 13.3 Å². The van der Waals surface area contributed by atoms with Gasteiger partial charge in [-0.05, 0) is 20.4 Å². The number of hydrogen-bond donors (Lipinski definition) is 1. The van der Waals surface area contributed by atoms with Crippen LogP contribution >= 0.6 is 0 Å². The van der Waals surface area contributed by atoms with E-state index in [1.165, 1.54) is 6.42 Å². The van der Waals surface area contributed by atoms with E-state index in [4.69, 9.17) is 9.47 Å². The van der Waals surface area contributed by atoms with Crippen molar-refractivity contribution in [3.63, 3.8) is 0 Å². The van der Waals surface area contributed by atoms with Crippen LogP contribution in [0.25, 0.3) is 0 Å². The molecule has 0 fully saturated rings. The highest BCUT2D eigenvalue weighted by atomic mass is 16.5. The molecule has 104 valence electrons. The first-order chi connectivity index (χ1) is 8.22. The predicted octanol–water partition coefficient (Wildman–Crippen LogP) is 1.36. The van der Waals surface area contributed by atoms with Gasteiger partial charge in [-0.3, -0.25) is 0 Å². The van der Waals surface area contributed by atoms with Gasteiger partial charge in [0, 0.05) is 39.4 Å². The molecule has 0 spiro atoms. The first kappa shape index (κ1) is 16.8. The predicted molar refractivity (Wildman–Crippen MR) is 72.6 cm³/mol. The van der Waals surface area contributed by atoms with Gasteiger partial charge in [0.25, 0.3) is 0 Å². The van der Waals surface area contributed by atoms with Gasteiger partial charge in [-0.2, -0.15) is 0 Å². The lowest BCUT2D eigenvalue weighted by molar-refractivity contribution is 0.113. The van der Waals surface area contributed by atoms with E-state index in [1.54, 1.807) is 7.11 Å².